The Balaban J connectivity index is 1.88. The van der Waals surface area contributed by atoms with E-state index in [2.05, 4.69) is 30.4 Å². The van der Waals surface area contributed by atoms with Crippen molar-refractivity contribution < 1.29 is 4.74 Å². The van der Waals surface area contributed by atoms with Crippen LogP contribution in [0.1, 0.15) is 29.7 Å². The number of halogens is 1. The molecule has 0 bridgehead atoms. The molecule has 1 N–H and O–H groups in total. The third-order valence-corrected chi connectivity index (χ3v) is 4.21. The zero-order valence-electron chi connectivity index (χ0n) is 11.7. The maximum Gasteiger partial charge on any atom is 0.119 e. The van der Waals surface area contributed by atoms with Crippen molar-refractivity contribution in [3.05, 3.63) is 58.1 Å². The van der Waals surface area contributed by atoms with Gasteiger partial charge >= 0.3 is 0 Å². The number of hydrogen-bond donors (Lipinski definition) is 1. The van der Waals surface area contributed by atoms with Crippen LogP contribution in [-0.4, -0.2) is 6.61 Å². The van der Waals surface area contributed by atoms with Gasteiger partial charge in [0.25, 0.3) is 0 Å². The van der Waals surface area contributed by atoms with E-state index in [1.807, 2.05) is 25.1 Å². The summed E-state index contributed by atoms with van der Waals surface area (Å²) < 4.78 is 5.58. The van der Waals surface area contributed by atoms with Crippen LogP contribution in [0.2, 0.25) is 5.02 Å². The summed E-state index contributed by atoms with van der Waals surface area (Å²) in [6.07, 6.45) is 0.989. The first kappa shape index (κ1) is 13.3. The Morgan fingerprint density at radius 3 is 2.95 bits per heavy atom. The van der Waals surface area contributed by atoms with Crippen molar-refractivity contribution in [3.63, 3.8) is 0 Å². The fourth-order valence-corrected chi connectivity index (χ4v) is 2.90. The zero-order valence-corrected chi connectivity index (χ0v) is 12.5. The van der Waals surface area contributed by atoms with E-state index in [4.69, 9.17) is 16.3 Å². The smallest absolute Gasteiger partial charge is 0.119 e. The van der Waals surface area contributed by atoms with Crippen LogP contribution in [0, 0.1) is 6.92 Å². The van der Waals surface area contributed by atoms with Crippen molar-refractivity contribution in [2.24, 2.45) is 0 Å². The Labute approximate surface area is 124 Å². The summed E-state index contributed by atoms with van der Waals surface area (Å²) in [5, 5.41) is 4.41. The molecule has 3 rings (SSSR count). The van der Waals surface area contributed by atoms with Crippen molar-refractivity contribution in [3.8, 4) is 5.75 Å². The topological polar surface area (TPSA) is 21.3 Å². The molecule has 0 radical (unpaired) electrons. The first-order chi connectivity index (χ1) is 9.69. The summed E-state index contributed by atoms with van der Waals surface area (Å²) in [5.74, 6) is 0.928. The van der Waals surface area contributed by atoms with Gasteiger partial charge in [0.2, 0.25) is 0 Å². The first-order valence-electron chi connectivity index (χ1n) is 6.96. The maximum absolute atomic E-state index is 6.19. The molecule has 2 aromatic carbocycles. The summed E-state index contributed by atoms with van der Waals surface area (Å²) in [6.45, 7) is 4.76. The summed E-state index contributed by atoms with van der Waals surface area (Å²) in [4.78, 5) is 0. The summed E-state index contributed by atoms with van der Waals surface area (Å²) >= 11 is 6.19. The van der Waals surface area contributed by atoms with Crippen LogP contribution in [0.25, 0.3) is 0 Å². The zero-order chi connectivity index (χ0) is 14.1. The van der Waals surface area contributed by atoms with Crippen molar-refractivity contribution in [2.45, 2.75) is 26.3 Å². The first-order valence-corrected chi connectivity index (χ1v) is 7.34. The van der Waals surface area contributed by atoms with Crippen LogP contribution < -0.4 is 10.1 Å². The largest absolute Gasteiger partial charge is 0.494 e. The molecule has 3 heteroatoms. The predicted molar refractivity (Wildman–Crippen MR) is 83.9 cm³/mol. The van der Waals surface area contributed by atoms with Gasteiger partial charge in [0.1, 0.15) is 5.75 Å². The van der Waals surface area contributed by atoms with Gasteiger partial charge in [0.05, 0.1) is 12.6 Å². The van der Waals surface area contributed by atoms with Crippen molar-refractivity contribution in [1.29, 1.82) is 0 Å². The van der Waals surface area contributed by atoms with Crippen molar-refractivity contribution in [1.82, 2.24) is 0 Å². The molecule has 0 saturated carbocycles. The van der Waals surface area contributed by atoms with E-state index >= 15 is 0 Å². The van der Waals surface area contributed by atoms with Crippen LogP contribution in [-0.2, 0) is 6.42 Å². The molecule has 0 spiro atoms. The monoisotopic (exact) mass is 287 g/mol. The highest BCUT2D eigenvalue weighted by atomic mass is 35.5. The molecule has 0 fully saturated rings. The lowest BCUT2D eigenvalue weighted by molar-refractivity contribution is 0.339. The molecule has 1 aliphatic heterocycles. The quantitative estimate of drug-likeness (QED) is 0.879. The average molecular weight is 288 g/mol. The maximum atomic E-state index is 6.19. The van der Waals surface area contributed by atoms with E-state index in [1.165, 1.54) is 16.8 Å². The van der Waals surface area contributed by atoms with E-state index in [0.717, 1.165) is 22.8 Å². The summed E-state index contributed by atoms with van der Waals surface area (Å²) in [6, 6.07) is 12.7. The van der Waals surface area contributed by atoms with Gasteiger partial charge in [-0.15, -0.1) is 0 Å². The second-order valence-corrected chi connectivity index (χ2v) is 5.52. The normalized spacial score (nSPS) is 16.6. The lowest BCUT2D eigenvalue weighted by Gasteiger charge is -2.14. The Morgan fingerprint density at radius 1 is 1.30 bits per heavy atom. The van der Waals surface area contributed by atoms with Gasteiger partial charge in [0.15, 0.2) is 0 Å². The molecule has 1 aliphatic rings. The fraction of sp³-hybridized carbons (Fsp3) is 0.294. The minimum atomic E-state index is 0.294. The van der Waals surface area contributed by atoms with Gasteiger partial charge in [-0.1, -0.05) is 29.8 Å². The SMILES string of the molecule is CCOc1cccc(C2Cc3ccc(Cl)c(C)c3N2)c1. The van der Waals surface area contributed by atoms with E-state index in [9.17, 15) is 0 Å². The van der Waals surface area contributed by atoms with Crippen LogP contribution in [0.15, 0.2) is 36.4 Å². The van der Waals surface area contributed by atoms with E-state index in [-0.39, 0.29) is 0 Å². The van der Waals surface area contributed by atoms with Crippen molar-refractivity contribution in [2.75, 3.05) is 11.9 Å². The van der Waals surface area contributed by atoms with E-state index < -0.39 is 0 Å². The molecule has 1 atom stereocenters. The Morgan fingerprint density at radius 2 is 2.15 bits per heavy atom. The van der Waals surface area contributed by atoms with Gasteiger partial charge in [-0.3, -0.25) is 0 Å². The van der Waals surface area contributed by atoms with E-state index in [0.29, 0.717) is 12.6 Å². The minimum absolute atomic E-state index is 0.294. The third-order valence-electron chi connectivity index (χ3n) is 3.80. The van der Waals surface area contributed by atoms with Gasteiger partial charge < -0.3 is 10.1 Å². The minimum Gasteiger partial charge on any atom is -0.494 e. The standard InChI is InChI=1S/C17H18ClNO/c1-3-20-14-6-4-5-12(9-14)16-10-13-7-8-15(18)11(2)17(13)19-16/h4-9,16,19H,3,10H2,1-2H3. The predicted octanol–water partition coefficient (Wildman–Crippen LogP) is 4.76. The van der Waals surface area contributed by atoms with Crippen LogP contribution in [0.4, 0.5) is 5.69 Å². The lowest BCUT2D eigenvalue weighted by Crippen LogP contribution is -2.06. The molecule has 2 aromatic rings. The summed E-state index contributed by atoms with van der Waals surface area (Å²) in [7, 11) is 0. The van der Waals surface area contributed by atoms with Gasteiger partial charge in [-0.25, -0.2) is 0 Å². The highest BCUT2D eigenvalue weighted by molar-refractivity contribution is 6.31. The molecule has 20 heavy (non-hydrogen) atoms. The molecule has 1 unspecified atom stereocenters. The second-order valence-electron chi connectivity index (χ2n) is 5.11. The summed E-state index contributed by atoms with van der Waals surface area (Å²) in [5.41, 5.74) is 4.90. The number of anilines is 1. The molecule has 0 aliphatic carbocycles. The molecular weight excluding hydrogens is 270 g/mol. The van der Waals surface area contributed by atoms with Gasteiger partial charge in [0, 0.05) is 10.7 Å². The highest BCUT2D eigenvalue weighted by Crippen LogP contribution is 2.39. The number of nitrogens with one attached hydrogen (secondary N) is 1. The lowest BCUT2D eigenvalue weighted by atomic mass is 10.0. The molecule has 0 aromatic heterocycles. The molecule has 1 heterocycles. The number of ether oxygens (including phenoxy) is 1. The molecular formula is C17H18ClNO. The van der Waals surface area contributed by atoms with Crippen LogP contribution in [0.3, 0.4) is 0 Å². The number of benzene rings is 2. The number of rotatable bonds is 3. The average Bonchev–Trinajstić information content (AvgIpc) is 2.89. The van der Waals surface area contributed by atoms with Gasteiger partial charge in [-0.2, -0.15) is 0 Å². The van der Waals surface area contributed by atoms with Gasteiger partial charge in [-0.05, 0) is 55.2 Å². The molecule has 104 valence electrons. The number of hydrogen-bond acceptors (Lipinski definition) is 2. The van der Waals surface area contributed by atoms with E-state index in [1.54, 1.807) is 0 Å². The molecule has 0 amide bonds. The van der Waals surface area contributed by atoms with Crippen LogP contribution in [0.5, 0.6) is 5.75 Å². The Kier molecular flexibility index (Phi) is 3.58. The molecule has 0 saturated heterocycles. The molecule has 2 nitrogen and oxygen atoms in total. The highest BCUT2D eigenvalue weighted by Gasteiger charge is 2.24. The third kappa shape index (κ3) is 2.36. The van der Waals surface area contributed by atoms with Crippen LogP contribution >= 0.6 is 11.6 Å². The van der Waals surface area contributed by atoms with Crippen molar-refractivity contribution >= 4 is 17.3 Å². The number of fused-ring (bicyclic) bond motifs is 1. The second kappa shape index (κ2) is 5.37. The fourth-order valence-electron chi connectivity index (χ4n) is 2.75. The Bertz CT molecular complexity index is 639. The Hall–Kier alpha value is -1.67.